The summed E-state index contributed by atoms with van der Waals surface area (Å²) in [5, 5.41) is 15.7. The zero-order chi connectivity index (χ0) is 18.4. The fourth-order valence-electron chi connectivity index (χ4n) is 1.71. The Morgan fingerprint density at radius 3 is 2.68 bits per heavy atom. The lowest BCUT2D eigenvalue weighted by molar-refractivity contribution is -0.119. The number of nitrogens with zero attached hydrogens (tertiary/aromatic N) is 2. The molecule has 1 heterocycles. The van der Waals surface area contributed by atoms with Crippen LogP contribution in [0, 0.1) is 5.82 Å². The normalized spacial score (nSPS) is 11.9. The van der Waals surface area contributed by atoms with E-state index in [1.165, 1.54) is 35.2 Å². The van der Waals surface area contributed by atoms with Crippen LogP contribution in [0.1, 0.15) is 20.8 Å². The molecule has 25 heavy (non-hydrogen) atoms. The highest BCUT2D eigenvalue weighted by Gasteiger charge is 2.19. The number of carbonyl (C=O) groups excluding carboxylic acids is 2. The summed E-state index contributed by atoms with van der Waals surface area (Å²) >= 11 is 2.42. The lowest BCUT2D eigenvalue weighted by Gasteiger charge is -2.11. The van der Waals surface area contributed by atoms with Gasteiger partial charge in [0.1, 0.15) is 5.82 Å². The van der Waals surface area contributed by atoms with Gasteiger partial charge in [-0.3, -0.25) is 10.1 Å². The molecule has 0 fully saturated rings. The summed E-state index contributed by atoms with van der Waals surface area (Å²) < 4.78 is 13.7. The molecule has 3 N–H and O–H groups in total. The van der Waals surface area contributed by atoms with Crippen molar-refractivity contribution < 1.29 is 14.0 Å². The van der Waals surface area contributed by atoms with Gasteiger partial charge >= 0.3 is 6.03 Å². The number of benzene rings is 1. The van der Waals surface area contributed by atoms with Crippen molar-refractivity contribution in [2.75, 3.05) is 5.32 Å². The van der Waals surface area contributed by atoms with E-state index < -0.39 is 17.2 Å². The van der Waals surface area contributed by atoms with E-state index in [9.17, 15) is 14.0 Å². The van der Waals surface area contributed by atoms with Gasteiger partial charge in [-0.1, -0.05) is 29.2 Å². The molecule has 0 aliphatic heterocycles. The maximum absolute atomic E-state index is 13.2. The van der Waals surface area contributed by atoms with Gasteiger partial charge < -0.3 is 10.6 Å². The summed E-state index contributed by atoms with van der Waals surface area (Å²) in [4.78, 5) is 23.5. The van der Waals surface area contributed by atoms with E-state index in [1.54, 1.807) is 32.9 Å². The van der Waals surface area contributed by atoms with Crippen molar-refractivity contribution >= 4 is 45.9 Å². The standard InChI is InChI=1S/C15H18FN5O2S2/c1-8(2)17-13(23)19-12(22)9(3)24-15-21-20-14(25-15)18-11-6-4-5-10(16)7-11/h4-9H,1-3H3,(H,18,20)(H2,17,19,22,23)/t9-/m0/s1. The van der Waals surface area contributed by atoms with Crippen LogP contribution < -0.4 is 16.0 Å². The largest absolute Gasteiger partial charge is 0.336 e. The van der Waals surface area contributed by atoms with E-state index in [2.05, 4.69) is 26.1 Å². The van der Waals surface area contributed by atoms with Gasteiger partial charge in [-0.25, -0.2) is 9.18 Å². The quantitative estimate of drug-likeness (QED) is 0.663. The first-order valence-corrected chi connectivity index (χ1v) is 9.17. The Kier molecular flexibility index (Phi) is 6.71. The molecule has 0 saturated heterocycles. The van der Waals surface area contributed by atoms with Crippen LogP contribution in [0.5, 0.6) is 0 Å². The number of amides is 3. The highest BCUT2D eigenvalue weighted by atomic mass is 32.2. The van der Waals surface area contributed by atoms with Gasteiger partial charge in [-0.15, -0.1) is 10.2 Å². The Labute approximate surface area is 152 Å². The molecule has 0 saturated carbocycles. The average molecular weight is 383 g/mol. The zero-order valence-corrected chi connectivity index (χ0v) is 15.5. The van der Waals surface area contributed by atoms with Crippen LogP contribution in [0.4, 0.5) is 20.0 Å². The first kappa shape index (κ1) is 19.1. The minimum Gasteiger partial charge on any atom is -0.336 e. The molecular formula is C15H18FN5O2S2. The van der Waals surface area contributed by atoms with E-state index in [0.717, 1.165) is 0 Å². The van der Waals surface area contributed by atoms with Gasteiger partial charge in [-0.05, 0) is 39.0 Å². The summed E-state index contributed by atoms with van der Waals surface area (Å²) in [7, 11) is 0. The molecule has 7 nitrogen and oxygen atoms in total. The van der Waals surface area contributed by atoms with E-state index >= 15 is 0 Å². The monoisotopic (exact) mass is 383 g/mol. The van der Waals surface area contributed by atoms with Crippen molar-refractivity contribution in [3.8, 4) is 0 Å². The first-order chi connectivity index (χ1) is 11.8. The molecule has 0 spiro atoms. The fraction of sp³-hybridized carbons (Fsp3) is 0.333. The summed E-state index contributed by atoms with van der Waals surface area (Å²) in [5.74, 6) is -0.771. The maximum Gasteiger partial charge on any atom is 0.321 e. The molecule has 0 bridgehead atoms. The fourth-order valence-corrected chi connectivity index (χ4v) is 3.63. The van der Waals surface area contributed by atoms with E-state index in [-0.39, 0.29) is 11.9 Å². The molecule has 134 valence electrons. The van der Waals surface area contributed by atoms with Crippen molar-refractivity contribution in [1.82, 2.24) is 20.8 Å². The molecular weight excluding hydrogens is 365 g/mol. The molecule has 2 rings (SSSR count). The summed E-state index contributed by atoms with van der Waals surface area (Å²) in [6.07, 6.45) is 0. The molecule has 2 aromatic rings. The Morgan fingerprint density at radius 2 is 2.00 bits per heavy atom. The van der Waals surface area contributed by atoms with Gasteiger partial charge in [0.25, 0.3) is 0 Å². The highest BCUT2D eigenvalue weighted by molar-refractivity contribution is 8.02. The number of rotatable bonds is 6. The number of imide groups is 1. The number of carbonyl (C=O) groups is 2. The predicted molar refractivity (Wildman–Crippen MR) is 96.7 cm³/mol. The Hall–Kier alpha value is -2.20. The third kappa shape index (κ3) is 6.31. The number of nitrogens with one attached hydrogen (secondary N) is 3. The lowest BCUT2D eigenvalue weighted by atomic mass is 10.3. The SMILES string of the molecule is CC(C)NC(=O)NC(=O)[C@H](C)Sc1nnc(Nc2cccc(F)c2)s1. The lowest BCUT2D eigenvalue weighted by Crippen LogP contribution is -2.45. The molecule has 1 atom stereocenters. The molecule has 10 heteroatoms. The Bertz CT molecular complexity index is 753. The number of halogens is 1. The van der Waals surface area contributed by atoms with Crippen LogP contribution >= 0.6 is 23.1 Å². The second-order valence-corrected chi connectivity index (χ2v) is 7.95. The number of thioether (sulfide) groups is 1. The van der Waals surface area contributed by atoms with Crippen LogP contribution in [-0.4, -0.2) is 33.4 Å². The number of aromatic nitrogens is 2. The highest BCUT2D eigenvalue weighted by Crippen LogP contribution is 2.30. The van der Waals surface area contributed by atoms with Gasteiger partial charge in [0.15, 0.2) is 4.34 Å². The van der Waals surface area contributed by atoms with E-state index in [0.29, 0.717) is 15.2 Å². The summed E-state index contributed by atoms with van der Waals surface area (Å²) in [6.45, 7) is 5.27. The summed E-state index contributed by atoms with van der Waals surface area (Å²) in [6, 6.07) is 5.40. The smallest absolute Gasteiger partial charge is 0.321 e. The minimum absolute atomic E-state index is 0.0598. The molecule has 3 amide bonds. The van der Waals surface area contributed by atoms with Crippen molar-refractivity contribution in [1.29, 1.82) is 0 Å². The number of hydrogen-bond donors (Lipinski definition) is 3. The first-order valence-electron chi connectivity index (χ1n) is 7.47. The van der Waals surface area contributed by atoms with Crippen LogP contribution in [0.25, 0.3) is 0 Å². The second-order valence-electron chi connectivity index (χ2n) is 5.39. The van der Waals surface area contributed by atoms with E-state index in [1.807, 2.05) is 0 Å². The van der Waals surface area contributed by atoms with Crippen molar-refractivity contribution in [3.63, 3.8) is 0 Å². The molecule has 1 aromatic heterocycles. The number of anilines is 2. The number of hydrogen-bond acceptors (Lipinski definition) is 7. The van der Waals surface area contributed by atoms with Gasteiger partial charge in [0.05, 0.1) is 5.25 Å². The second kappa shape index (κ2) is 8.77. The van der Waals surface area contributed by atoms with Gasteiger partial charge in [0, 0.05) is 11.7 Å². The average Bonchev–Trinajstić information content (AvgIpc) is 2.93. The summed E-state index contributed by atoms with van der Waals surface area (Å²) in [5.41, 5.74) is 0.559. The van der Waals surface area contributed by atoms with Crippen molar-refractivity contribution in [3.05, 3.63) is 30.1 Å². The topological polar surface area (TPSA) is 96.0 Å². The van der Waals surface area contributed by atoms with Crippen LogP contribution in [-0.2, 0) is 4.79 Å². The molecule has 0 radical (unpaired) electrons. The molecule has 1 aromatic carbocycles. The van der Waals surface area contributed by atoms with Gasteiger partial charge in [0.2, 0.25) is 11.0 Å². The van der Waals surface area contributed by atoms with Crippen molar-refractivity contribution in [2.24, 2.45) is 0 Å². The van der Waals surface area contributed by atoms with Crippen LogP contribution in [0.15, 0.2) is 28.6 Å². The molecule has 0 aliphatic rings. The van der Waals surface area contributed by atoms with Crippen LogP contribution in [0.3, 0.4) is 0 Å². The zero-order valence-electron chi connectivity index (χ0n) is 13.9. The van der Waals surface area contributed by atoms with Crippen LogP contribution in [0.2, 0.25) is 0 Å². The molecule has 0 aliphatic carbocycles. The maximum atomic E-state index is 13.2. The Balaban J connectivity index is 1.89. The third-order valence-electron chi connectivity index (χ3n) is 2.79. The minimum atomic E-state index is -0.529. The Morgan fingerprint density at radius 1 is 1.24 bits per heavy atom. The van der Waals surface area contributed by atoms with Crippen molar-refractivity contribution in [2.45, 2.75) is 36.4 Å². The number of urea groups is 1. The van der Waals surface area contributed by atoms with Gasteiger partial charge in [-0.2, -0.15) is 0 Å². The third-order valence-corrected chi connectivity index (χ3v) is 4.81. The molecule has 0 unspecified atom stereocenters. The van der Waals surface area contributed by atoms with E-state index in [4.69, 9.17) is 0 Å². The predicted octanol–water partition coefficient (Wildman–Crippen LogP) is 3.14.